The van der Waals surface area contributed by atoms with E-state index in [0.717, 1.165) is 5.56 Å². The van der Waals surface area contributed by atoms with Gasteiger partial charge in [0.25, 0.3) is 0 Å². The minimum absolute atomic E-state index is 0.0318. The van der Waals surface area contributed by atoms with Gasteiger partial charge in [-0.1, -0.05) is 37.3 Å². The highest BCUT2D eigenvalue weighted by Crippen LogP contribution is 2.11. The van der Waals surface area contributed by atoms with E-state index in [1.807, 2.05) is 58.0 Å². The van der Waals surface area contributed by atoms with Gasteiger partial charge < -0.3 is 10.1 Å². The molecule has 1 amide bonds. The maximum atomic E-state index is 11.8. The summed E-state index contributed by atoms with van der Waals surface area (Å²) in [6.07, 6.45) is 0.585. The number of rotatable bonds is 6. The van der Waals surface area contributed by atoms with E-state index in [0.29, 0.717) is 6.42 Å². The first-order chi connectivity index (χ1) is 9.76. The fraction of sp³-hybridized carbons (Fsp3) is 0.529. The Morgan fingerprint density at radius 2 is 1.76 bits per heavy atom. The monoisotopic (exact) mass is 291 g/mol. The van der Waals surface area contributed by atoms with Crippen LogP contribution in [0.5, 0.6) is 0 Å². The quantitative estimate of drug-likeness (QED) is 0.820. The van der Waals surface area contributed by atoms with Gasteiger partial charge in [-0.2, -0.15) is 0 Å². The lowest BCUT2D eigenvalue weighted by molar-refractivity contribution is -0.146. The molecule has 0 bridgehead atoms. The molecule has 0 aliphatic heterocycles. The summed E-state index contributed by atoms with van der Waals surface area (Å²) in [6, 6.07) is 9.55. The third-order valence-corrected chi connectivity index (χ3v) is 2.81. The van der Waals surface area contributed by atoms with E-state index in [2.05, 4.69) is 5.32 Å². The molecule has 1 rings (SSSR count). The van der Waals surface area contributed by atoms with Gasteiger partial charge in [0.05, 0.1) is 0 Å². The average Bonchev–Trinajstić information content (AvgIpc) is 2.35. The lowest BCUT2D eigenvalue weighted by atomic mass is 10.0. The molecule has 21 heavy (non-hydrogen) atoms. The fourth-order valence-electron chi connectivity index (χ4n) is 1.94. The van der Waals surface area contributed by atoms with Crippen LogP contribution in [0.25, 0.3) is 0 Å². The summed E-state index contributed by atoms with van der Waals surface area (Å²) in [4.78, 5) is 23.5. The molecule has 116 valence electrons. The molecule has 1 atom stereocenters. The smallest absolute Gasteiger partial charge is 0.306 e. The van der Waals surface area contributed by atoms with Crippen molar-refractivity contribution in [2.24, 2.45) is 5.92 Å². The van der Waals surface area contributed by atoms with Crippen molar-refractivity contribution in [3.8, 4) is 0 Å². The summed E-state index contributed by atoms with van der Waals surface area (Å²) in [7, 11) is 0. The zero-order chi connectivity index (χ0) is 15.9. The Kier molecular flexibility index (Phi) is 6.40. The van der Waals surface area contributed by atoms with Crippen LogP contribution in [0.1, 0.15) is 46.1 Å². The van der Waals surface area contributed by atoms with E-state index in [1.165, 1.54) is 0 Å². The number of benzene rings is 1. The molecule has 0 aliphatic carbocycles. The molecule has 0 saturated carbocycles. The van der Waals surface area contributed by atoms with Crippen LogP contribution in [0.3, 0.4) is 0 Å². The summed E-state index contributed by atoms with van der Waals surface area (Å²) < 4.78 is 5.21. The van der Waals surface area contributed by atoms with Gasteiger partial charge in [-0.3, -0.25) is 9.59 Å². The minimum atomic E-state index is -0.269. The molecule has 1 aromatic rings. The van der Waals surface area contributed by atoms with Gasteiger partial charge in [0.15, 0.2) is 0 Å². The molecule has 0 spiro atoms. The van der Waals surface area contributed by atoms with Crippen molar-refractivity contribution in [3.63, 3.8) is 0 Å². The van der Waals surface area contributed by atoms with Crippen molar-refractivity contribution in [1.29, 1.82) is 0 Å². The van der Waals surface area contributed by atoms with Crippen molar-refractivity contribution >= 4 is 11.9 Å². The Hall–Kier alpha value is -1.84. The first-order valence-corrected chi connectivity index (χ1v) is 7.27. The van der Waals surface area contributed by atoms with Gasteiger partial charge in [-0.05, 0) is 32.3 Å². The molecule has 0 saturated heterocycles. The summed E-state index contributed by atoms with van der Waals surface area (Å²) in [5.41, 5.74) is 0.717. The average molecular weight is 291 g/mol. The van der Waals surface area contributed by atoms with Gasteiger partial charge >= 0.3 is 5.97 Å². The highest BCUT2D eigenvalue weighted by Gasteiger charge is 2.18. The Morgan fingerprint density at radius 1 is 1.14 bits per heavy atom. The van der Waals surface area contributed by atoms with E-state index >= 15 is 0 Å². The number of nitrogens with one attached hydrogen (secondary N) is 1. The van der Waals surface area contributed by atoms with Crippen molar-refractivity contribution in [2.45, 2.75) is 52.7 Å². The molecule has 0 heterocycles. The van der Waals surface area contributed by atoms with Crippen molar-refractivity contribution in [1.82, 2.24) is 5.32 Å². The van der Waals surface area contributed by atoms with Crippen molar-refractivity contribution in [2.75, 3.05) is 0 Å². The Balaban J connectivity index is 2.29. The largest absolute Gasteiger partial charge is 0.461 e. The molecule has 1 aromatic carbocycles. The Bertz CT molecular complexity index is 463. The van der Waals surface area contributed by atoms with E-state index in [1.54, 1.807) is 0 Å². The van der Waals surface area contributed by atoms with Crippen LogP contribution in [0, 0.1) is 5.92 Å². The van der Waals surface area contributed by atoms with Crippen molar-refractivity contribution < 1.29 is 14.3 Å². The van der Waals surface area contributed by atoms with Crippen LogP contribution in [-0.2, 0) is 20.9 Å². The zero-order valence-corrected chi connectivity index (χ0v) is 13.3. The SMILES string of the molecule is C[C@H](CC(=O)NC(C)(C)C)CC(=O)OCc1ccccc1. The standard InChI is InChI=1S/C17H25NO3/c1-13(10-15(19)18-17(2,3)4)11-16(20)21-12-14-8-6-5-7-9-14/h5-9,13H,10-12H2,1-4H3,(H,18,19)/t13-/m1/s1. The first-order valence-electron chi connectivity index (χ1n) is 7.27. The molecule has 0 unspecified atom stereocenters. The predicted octanol–water partition coefficient (Wildman–Crippen LogP) is 3.06. The number of ether oxygens (including phenoxy) is 1. The van der Waals surface area contributed by atoms with Crippen LogP contribution in [0.2, 0.25) is 0 Å². The van der Waals surface area contributed by atoms with Gasteiger partial charge in [0.1, 0.15) is 6.61 Å². The highest BCUT2D eigenvalue weighted by atomic mass is 16.5. The number of amides is 1. The molecule has 4 nitrogen and oxygen atoms in total. The number of hydrogen-bond acceptors (Lipinski definition) is 3. The molecule has 0 radical (unpaired) electrons. The number of carbonyl (C=O) groups excluding carboxylic acids is 2. The molecule has 0 aromatic heterocycles. The second-order valence-electron chi connectivity index (χ2n) is 6.46. The predicted molar refractivity (Wildman–Crippen MR) is 82.5 cm³/mol. The molecular formula is C17H25NO3. The fourth-order valence-corrected chi connectivity index (χ4v) is 1.94. The maximum Gasteiger partial charge on any atom is 0.306 e. The highest BCUT2D eigenvalue weighted by molar-refractivity contribution is 5.78. The lowest BCUT2D eigenvalue weighted by Crippen LogP contribution is -2.41. The molecule has 0 fully saturated rings. The normalized spacial score (nSPS) is 12.6. The number of esters is 1. The van der Waals surface area contributed by atoms with Crippen LogP contribution >= 0.6 is 0 Å². The lowest BCUT2D eigenvalue weighted by Gasteiger charge is -2.21. The Morgan fingerprint density at radius 3 is 2.33 bits per heavy atom. The van der Waals surface area contributed by atoms with Gasteiger partial charge in [0, 0.05) is 18.4 Å². The molecule has 0 aliphatic rings. The molecule has 4 heteroatoms. The summed E-state index contributed by atoms with van der Waals surface area (Å²) >= 11 is 0. The van der Waals surface area contributed by atoms with Crippen molar-refractivity contribution in [3.05, 3.63) is 35.9 Å². The van der Waals surface area contributed by atoms with E-state index in [4.69, 9.17) is 4.74 Å². The van der Waals surface area contributed by atoms with Gasteiger partial charge in [0.2, 0.25) is 5.91 Å². The van der Waals surface area contributed by atoms with E-state index in [-0.39, 0.29) is 36.4 Å². The Labute approximate surface area is 126 Å². The van der Waals surface area contributed by atoms with E-state index < -0.39 is 0 Å². The maximum absolute atomic E-state index is 11.8. The summed E-state index contributed by atoms with van der Waals surface area (Å²) in [5, 5.41) is 2.89. The summed E-state index contributed by atoms with van der Waals surface area (Å²) in [5.74, 6) is -0.337. The third-order valence-electron chi connectivity index (χ3n) is 2.81. The zero-order valence-electron chi connectivity index (χ0n) is 13.3. The molecule has 1 N–H and O–H groups in total. The second kappa shape index (κ2) is 7.81. The summed E-state index contributed by atoms with van der Waals surface area (Å²) in [6.45, 7) is 7.96. The second-order valence-corrected chi connectivity index (χ2v) is 6.46. The minimum Gasteiger partial charge on any atom is -0.461 e. The van der Waals surface area contributed by atoms with Crippen LogP contribution in [0.4, 0.5) is 0 Å². The van der Waals surface area contributed by atoms with Gasteiger partial charge in [-0.15, -0.1) is 0 Å². The van der Waals surface area contributed by atoms with Crippen LogP contribution in [0.15, 0.2) is 30.3 Å². The van der Waals surface area contributed by atoms with Crippen LogP contribution in [-0.4, -0.2) is 17.4 Å². The van der Waals surface area contributed by atoms with Gasteiger partial charge in [-0.25, -0.2) is 0 Å². The van der Waals surface area contributed by atoms with Crippen LogP contribution < -0.4 is 5.32 Å². The third kappa shape index (κ3) is 8.12. The number of carbonyl (C=O) groups is 2. The number of hydrogen-bond donors (Lipinski definition) is 1. The molecular weight excluding hydrogens is 266 g/mol. The first kappa shape index (κ1) is 17.2. The van der Waals surface area contributed by atoms with E-state index in [9.17, 15) is 9.59 Å². The topological polar surface area (TPSA) is 55.4 Å².